The SMILES string of the molecule is CC1=C(C#N)C(=O)N(C)[C@@H](O)/C1=C\c1ccc(-c2ccc(Cl)c(Cl)c2)o1. The highest BCUT2D eigenvalue weighted by atomic mass is 35.5. The number of nitrogens with zero attached hydrogens (tertiary/aromatic N) is 2. The molecule has 1 aliphatic rings. The molecule has 1 atom stereocenters. The van der Waals surface area contributed by atoms with Crippen LogP contribution in [0.1, 0.15) is 12.7 Å². The van der Waals surface area contributed by atoms with Crippen LogP contribution >= 0.6 is 23.2 Å². The number of aliphatic hydroxyl groups excluding tert-OH is 1. The van der Waals surface area contributed by atoms with Crippen molar-refractivity contribution in [3.63, 3.8) is 0 Å². The van der Waals surface area contributed by atoms with Crippen LogP contribution in [-0.4, -0.2) is 29.2 Å². The summed E-state index contributed by atoms with van der Waals surface area (Å²) in [6.45, 7) is 1.63. The number of aliphatic hydroxyl groups is 1. The minimum atomic E-state index is -1.15. The highest BCUT2D eigenvalue weighted by Gasteiger charge is 2.33. The van der Waals surface area contributed by atoms with Gasteiger partial charge in [-0.2, -0.15) is 5.26 Å². The number of amides is 1. The lowest BCUT2D eigenvalue weighted by Gasteiger charge is -2.31. The lowest BCUT2D eigenvalue weighted by Crippen LogP contribution is -2.43. The van der Waals surface area contributed by atoms with E-state index in [0.29, 0.717) is 32.7 Å². The van der Waals surface area contributed by atoms with E-state index in [1.54, 1.807) is 43.3 Å². The van der Waals surface area contributed by atoms with Gasteiger partial charge in [0.2, 0.25) is 0 Å². The first-order valence-electron chi connectivity index (χ1n) is 7.67. The summed E-state index contributed by atoms with van der Waals surface area (Å²) in [7, 11) is 1.44. The maximum Gasteiger partial charge on any atom is 0.266 e. The van der Waals surface area contributed by atoms with Gasteiger partial charge in [-0.15, -0.1) is 0 Å². The third-order valence-electron chi connectivity index (χ3n) is 4.23. The van der Waals surface area contributed by atoms with E-state index in [1.807, 2.05) is 6.07 Å². The molecule has 1 aliphatic heterocycles. The van der Waals surface area contributed by atoms with E-state index in [0.717, 1.165) is 10.5 Å². The number of hydrogen-bond acceptors (Lipinski definition) is 4. The molecule has 0 radical (unpaired) electrons. The van der Waals surface area contributed by atoms with E-state index >= 15 is 0 Å². The molecule has 1 aromatic carbocycles. The zero-order valence-electron chi connectivity index (χ0n) is 14.0. The van der Waals surface area contributed by atoms with Crippen LogP contribution in [-0.2, 0) is 4.79 Å². The summed E-state index contributed by atoms with van der Waals surface area (Å²) in [5, 5.41) is 20.4. The topological polar surface area (TPSA) is 77.5 Å². The predicted octanol–water partition coefficient (Wildman–Crippen LogP) is 4.27. The van der Waals surface area contributed by atoms with E-state index in [2.05, 4.69) is 0 Å². The predicted molar refractivity (Wildman–Crippen MR) is 99.2 cm³/mol. The Balaban J connectivity index is 2.01. The van der Waals surface area contributed by atoms with Crippen LogP contribution < -0.4 is 0 Å². The number of likely N-dealkylation sites (N-methyl/N-ethyl adjacent to an activating group) is 1. The number of carbonyl (C=O) groups is 1. The smallest absolute Gasteiger partial charge is 0.266 e. The van der Waals surface area contributed by atoms with Crippen molar-refractivity contribution in [1.29, 1.82) is 5.26 Å². The van der Waals surface area contributed by atoms with Crippen LogP contribution in [0.4, 0.5) is 0 Å². The fourth-order valence-electron chi connectivity index (χ4n) is 2.70. The van der Waals surface area contributed by atoms with Gasteiger partial charge in [-0.1, -0.05) is 23.2 Å². The van der Waals surface area contributed by atoms with Crippen molar-refractivity contribution in [3.05, 3.63) is 62.9 Å². The largest absolute Gasteiger partial charge is 0.457 e. The fraction of sp³-hybridized carbons (Fsp3) is 0.158. The molecular weight excluding hydrogens is 375 g/mol. The lowest BCUT2D eigenvalue weighted by atomic mass is 9.94. The maximum atomic E-state index is 12.0. The number of furan rings is 1. The molecular formula is C19H14Cl2N2O3. The van der Waals surface area contributed by atoms with Gasteiger partial charge in [-0.25, -0.2) is 0 Å². The third kappa shape index (κ3) is 3.15. The molecule has 7 heteroatoms. The Hall–Kier alpha value is -2.52. The first-order chi connectivity index (χ1) is 12.3. The number of rotatable bonds is 2. The Morgan fingerprint density at radius 2 is 2.00 bits per heavy atom. The Kier molecular flexibility index (Phi) is 4.92. The second kappa shape index (κ2) is 7.00. The Labute approximate surface area is 160 Å². The standard InChI is InChI=1S/C19H14Cl2N2O3/c1-10-13(18(24)23(2)19(25)14(10)9-22)8-12-4-6-17(26-12)11-3-5-15(20)16(21)7-11/h3-8,18,24H,1-2H3/b13-8-/t18-/m0/s1. The highest BCUT2D eigenvalue weighted by Crippen LogP contribution is 2.32. The minimum Gasteiger partial charge on any atom is -0.457 e. The molecule has 0 saturated carbocycles. The van der Waals surface area contributed by atoms with Crippen LogP contribution in [0.3, 0.4) is 0 Å². The molecule has 2 heterocycles. The van der Waals surface area contributed by atoms with Gasteiger partial charge in [0.05, 0.1) is 10.0 Å². The van der Waals surface area contributed by atoms with Gasteiger partial charge in [-0.3, -0.25) is 4.79 Å². The summed E-state index contributed by atoms with van der Waals surface area (Å²) in [6.07, 6.45) is 0.458. The van der Waals surface area contributed by atoms with Gasteiger partial charge >= 0.3 is 0 Å². The molecule has 2 aromatic rings. The van der Waals surface area contributed by atoms with Crippen LogP contribution in [0.15, 0.2) is 51.5 Å². The molecule has 0 aliphatic carbocycles. The van der Waals surface area contributed by atoms with E-state index in [9.17, 15) is 15.2 Å². The van der Waals surface area contributed by atoms with Gasteiger partial charge < -0.3 is 14.4 Å². The molecule has 0 spiro atoms. The normalized spacial score (nSPS) is 19.2. The van der Waals surface area contributed by atoms with Gasteiger partial charge in [0.1, 0.15) is 23.2 Å². The number of nitriles is 1. The minimum absolute atomic E-state index is 0.000289. The molecule has 5 nitrogen and oxygen atoms in total. The van der Waals surface area contributed by atoms with E-state index in [-0.39, 0.29) is 5.57 Å². The zero-order chi connectivity index (χ0) is 19.0. The van der Waals surface area contributed by atoms with Gasteiger partial charge in [0.25, 0.3) is 5.91 Å². The third-order valence-corrected chi connectivity index (χ3v) is 4.97. The molecule has 1 N–H and O–H groups in total. The quantitative estimate of drug-likeness (QED) is 0.832. The van der Waals surface area contributed by atoms with E-state index in [4.69, 9.17) is 27.6 Å². The van der Waals surface area contributed by atoms with Crippen molar-refractivity contribution in [2.75, 3.05) is 7.05 Å². The summed E-state index contributed by atoms with van der Waals surface area (Å²) in [4.78, 5) is 13.1. The van der Waals surface area contributed by atoms with Crippen molar-refractivity contribution < 1.29 is 14.3 Å². The molecule has 0 unspecified atom stereocenters. The Bertz CT molecular complexity index is 998. The number of benzene rings is 1. The molecule has 0 bridgehead atoms. The summed E-state index contributed by atoms with van der Waals surface area (Å²) >= 11 is 12.0. The van der Waals surface area contributed by atoms with Gasteiger partial charge in [0, 0.05) is 18.2 Å². The molecule has 26 heavy (non-hydrogen) atoms. The molecule has 0 saturated heterocycles. The van der Waals surface area contributed by atoms with Crippen LogP contribution in [0.25, 0.3) is 17.4 Å². The van der Waals surface area contributed by atoms with Gasteiger partial charge in [-0.05, 0) is 48.9 Å². The summed E-state index contributed by atoms with van der Waals surface area (Å²) in [5.41, 5.74) is 1.61. The molecule has 1 amide bonds. The highest BCUT2D eigenvalue weighted by molar-refractivity contribution is 6.42. The summed E-state index contributed by atoms with van der Waals surface area (Å²) in [5.74, 6) is 0.539. The average molecular weight is 389 g/mol. The van der Waals surface area contributed by atoms with Crippen molar-refractivity contribution in [1.82, 2.24) is 4.90 Å². The van der Waals surface area contributed by atoms with Crippen molar-refractivity contribution >= 4 is 35.2 Å². The summed E-state index contributed by atoms with van der Waals surface area (Å²) in [6, 6.07) is 10.5. The molecule has 132 valence electrons. The number of carbonyl (C=O) groups excluding carboxylic acids is 1. The van der Waals surface area contributed by atoms with Crippen molar-refractivity contribution in [3.8, 4) is 17.4 Å². The average Bonchev–Trinajstić information content (AvgIpc) is 3.08. The van der Waals surface area contributed by atoms with E-state index < -0.39 is 12.1 Å². The van der Waals surface area contributed by atoms with Crippen LogP contribution in [0.5, 0.6) is 0 Å². The summed E-state index contributed by atoms with van der Waals surface area (Å²) < 4.78 is 5.80. The van der Waals surface area contributed by atoms with Crippen molar-refractivity contribution in [2.24, 2.45) is 0 Å². The fourth-order valence-corrected chi connectivity index (χ4v) is 3.00. The van der Waals surface area contributed by atoms with Crippen LogP contribution in [0, 0.1) is 11.3 Å². The van der Waals surface area contributed by atoms with E-state index in [1.165, 1.54) is 7.05 Å². The molecule has 0 fully saturated rings. The Morgan fingerprint density at radius 1 is 1.27 bits per heavy atom. The molecule has 3 rings (SSSR count). The van der Waals surface area contributed by atoms with Crippen molar-refractivity contribution in [2.45, 2.75) is 13.2 Å². The van der Waals surface area contributed by atoms with Crippen LogP contribution in [0.2, 0.25) is 10.0 Å². The second-order valence-corrected chi connectivity index (χ2v) is 6.65. The molecule has 1 aromatic heterocycles. The first-order valence-corrected chi connectivity index (χ1v) is 8.42. The van der Waals surface area contributed by atoms with Gasteiger partial charge in [0.15, 0.2) is 6.23 Å². The first kappa shape index (κ1) is 18.3. The monoisotopic (exact) mass is 388 g/mol. The second-order valence-electron chi connectivity index (χ2n) is 5.83. The zero-order valence-corrected chi connectivity index (χ0v) is 15.5. The maximum absolute atomic E-state index is 12.0. The number of halogens is 2. The number of hydrogen-bond donors (Lipinski definition) is 1. The Morgan fingerprint density at radius 3 is 2.65 bits per heavy atom. The lowest BCUT2D eigenvalue weighted by molar-refractivity contribution is -0.133.